The third kappa shape index (κ3) is 3.52. The van der Waals surface area contributed by atoms with Crippen LogP contribution in [0.5, 0.6) is 0 Å². The standard InChI is InChI=1S/C23H17ClN2O3/c1-15-5-4-6-18(13-15)25(21(27)16-9-11-17(24)12-10-16)14-26-22(28)19-7-2-3-8-20(19)23(26)29/h2-13H,14H2,1H3. The smallest absolute Gasteiger partial charge is 0.263 e. The van der Waals surface area contributed by atoms with E-state index in [0.717, 1.165) is 10.5 Å². The molecule has 4 rings (SSSR count). The van der Waals surface area contributed by atoms with E-state index in [1.807, 2.05) is 25.1 Å². The molecule has 29 heavy (non-hydrogen) atoms. The molecule has 5 nitrogen and oxygen atoms in total. The Kier molecular flexibility index (Phi) is 4.91. The fourth-order valence-electron chi connectivity index (χ4n) is 3.32. The van der Waals surface area contributed by atoms with Gasteiger partial charge in [-0.1, -0.05) is 35.9 Å². The molecule has 0 N–H and O–H groups in total. The number of halogens is 1. The number of rotatable bonds is 4. The van der Waals surface area contributed by atoms with Crippen LogP contribution in [0.15, 0.2) is 72.8 Å². The first-order chi connectivity index (χ1) is 14.0. The first kappa shape index (κ1) is 18.9. The van der Waals surface area contributed by atoms with Crippen molar-refractivity contribution in [2.75, 3.05) is 11.6 Å². The molecule has 144 valence electrons. The lowest BCUT2D eigenvalue weighted by Gasteiger charge is -2.27. The Balaban J connectivity index is 1.72. The third-order valence-corrected chi connectivity index (χ3v) is 5.06. The van der Waals surface area contributed by atoms with Crippen LogP contribution in [0.25, 0.3) is 0 Å². The van der Waals surface area contributed by atoms with Gasteiger partial charge in [0.25, 0.3) is 17.7 Å². The predicted octanol–water partition coefficient (Wildman–Crippen LogP) is 4.55. The zero-order valence-electron chi connectivity index (χ0n) is 15.6. The van der Waals surface area contributed by atoms with Crippen molar-refractivity contribution in [3.8, 4) is 0 Å². The fourth-order valence-corrected chi connectivity index (χ4v) is 3.44. The van der Waals surface area contributed by atoms with Gasteiger partial charge in [-0.25, -0.2) is 0 Å². The highest BCUT2D eigenvalue weighted by Crippen LogP contribution is 2.26. The fraction of sp³-hybridized carbons (Fsp3) is 0.0870. The molecule has 0 spiro atoms. The van der Waals surface area contributed by atoms with Crippen LogP contribution in [0.1, 0.15) is 36.6 Å². The van der Waals surface area contributed by atoms with E-state index in [1.165, 1.54) is 4.90 Å². The quantitative estimate of drug-likeness (QED) is 0.599. The van der Waals surface area contributed by atoms with Gasteiger partial charge in [-0.3, -0.25) is 24.2 Å². The molecule has 0 saturated heterocycles. The van der Waals surface area contributed by atoms with Gasteiger partial charge in [0, 0.05) is 16.3 Å². The maximum absolute atomic E-state index is 13.3. The summed E-state index contributed by atoms with van der Waals surface area (Å²) in [4.78, 5) is 41.4. The average molecular weight is 405 g/mol. The van der Waals surface area contributed by atoms with E-state index in [9.17, 15) is 14.4 Å². The molecule has 0 fully saturated rings. The SMILES string of the molecule is Cc1cccc(N(CN2C(=O)c3ccccc3C2=O)C(=O)c2ccc(Cl)cc2)c1. The summed E-state index contributed by atoms with van der Waals surface area (Å²) in [6, 6.07) is 20.5. The highest BCUT2D eigenvalue weighted by atomic mass is 35.5. The largest absolute Gasteiger partial charge is 0.290 e. The lowest BCUT2D eigenvalue weighted by Crippen LogP contribution is -2.44. The molecule has 3 aromatic rings. The van der Waals surface area contributed by atoms with Crippen LogP contribution in [-0.2, 0) is 0 Å². The zero-order chi connectivity index (χ0) is 20.5. The highest BCUT2D eigenvalue weighted by molar-refractivity contribution is 6.30. The van der Waals surface area contributed by atoms with E-state index in [2.05, 4.69) is 0 Å². The minimum absolute atomic E-state index is 0.183. The summed E-state index contributed by atoms with van der Waals surface area (Å²) in [5.41, 5.74) is 2.66. The van der Waals surface area contributed by atoms with Gasteiger partial charge in [0.15, 0.2) is 0 Å². The number of fused-ring (bicyclic) bond motifs is 1. The molecule has 0 saturated carbocycles. The molecule has 3 amide bonds. The van der Waals surface area contributed by atoms with Crippen molar-refractivity contribution in [3.05, 3.63) is 100 Å². The second-order valence-corrected chi connectivity index (χ2v) is 7.24. The number of anilines is 1. The second kappa shape index (κ2) is 7.53. The van der Waals surface area contributed by atoms with E-state index < -0.39 is 11.8 Å². The molecule has 0 unspecified atom stereocenters. The summed E-state index contributed by atoms with van der Waals surface area (Å²) in [6.45, 7) is 1.73. The van der Waals surface area contributed by atoms with Gasteiger partial charge >= 0.3 is 0 Å². The monoisotopic (exact) mass is 404 g/mol. The number of benzene rings is 3. The van der Waals surface area contributed by atoms with Crippen LogP contribution in [0.4, 0.5) is 5.69 Å². The number of imide groups is 1. The number of carbonyl (C=O) groups is 3. The number of amides is 3. The number of hydrogen-bond donors (Lipinski definition) is 0. The van der Waals surface area contributed by atoms with E-state index in [0.29, 0.717) is 27.4 Å². The normalized spacial score (nSPS) is 12.8. The van der Waals surface area contributed by atoms with Crippen LogP contribution in [0.2, 0.25) is 5.02 Å². The zero-order valence-corrected chi connectivity index (χ0v) is 16.4. The molecule has 1 heterocycles. The lowest BCUT2D eigenvalue weighted by molar-refractivity contribution is 0.0650. The van der Waals surface area contributed by atoms with Gasteiger partial charge in [-0.2, -0.15) is 0 Å². The van der Waals surface area contributed by atoms with Gasteiger partial charge < -0.3 is 0 Å². The molecule has 0 aliphatic carbocycles. The van der Waals surface area contributed by atoms with E-state index in [1.54, 1.807) is 54.6 Å². The molecule has 1 aliphatic rings. The molecular weight excluding hydrogens is 388 g/mol. The summed E-state index contributed by atoms with van der Waals surface area (Å²) < 4.78 is 0. The Morgan fingerprint density at radius 2 is 1.52 bits per heavy atom. The molecule has 1 aliphatic heterocycles. The van der Waals surface area contributed by atoms with Crippen LogP contribution in [-0.4, -0.2) is 29.3 Å². The third-order valence-electron chi connectivity index (χ3n) is 4.81. The lowest BCUT2D eigenvalue weighted by atomic mass is 10.1. The average Bonchev–Trinajstić information content (AvgIpc) is 2.97. The van der Waals surface area contributed by atoms with Crippen LogP contribution in [0.3, 0.4) is 0 Å². The highest BCUT2D eigenvalue weighted by Gasteiger charge is 2.37. The van der Waals surface area contributed by atoms with Crippen molar-refractivity contribution in [1.82, 2.24) is 4.90 Å². The van der Waals surface area contributed by atoms with E-state index >= 15 is 0 Å². The van der Waals surface area contributed by atoms with Crippen molar-refractivity contribution in [2.24, 2.45) is 0 Å². The van der Waals surface area contributed by atoms with Gasteiger partial charge in [0.1, 0.15) is 6.67 Å². The van der Waals surface area contributed by atoms with Gasteiger partial charge in [0.2, 0.25) is 0 Å². The molecule has 3 aromatic carbocycles. The summed E-state index contributed by atoms with van der Waals surface area (Å²) >= 11 is 5.94. The number of hydrogen-bond acceptors (Lipinski definition) is 3. The molecule has 6 heteroatoms. The predicted molar refractivity (Wildman–Crippen MR) is 111 cm³/mol. The maximum atomic E-state index is 13.3. The Morgan fingerprint density at radius 1 is 0.897 bits per heavy atom. The van der Waals surface area contributed by atoms with E-state index in [-0.39, 0.29) is 12.6 Å². The van der Waals surface area contributed by atoms with Gasteiger partial charge in [-0.15, -0.1) is 0 Å². The summed E-state index contributed by atoms with van der Waals surface area (Å²) in [6.07, 6.45) is 0. The minimum Gasteiger partial charge on any atom is -0.290 e. The molecule has 0 aromatic heterocycles. The van der Waals surface area contributed by atoms with Gasteiger partial charge in [0.05, 0.1) is 11.1 Å². The molecule has 0 atom stereocenters. The Morgan fingerprint density at radius 3 is 2.10 bits per heavy atom. The number of aryl methyl sites for hydroxylation is 1. The topological polar surface area (TPSA) is 57.7 Å². The Hall–Kier alpha value is -3.44. The van der Waals surface area contributed by atoms with Crippen LogP contribution >= 0.6 is 11.6 Å². The number of nitrogens with zero attached hydrogens (tertiary/aromatic N) is 2. The molecular formula is C23H17ClN2O3. The number of carbonyl (C=O) groups excluding carboxylic acids is 3. The van der Waals surface area contributed by atoms with Crippen molar-refractivity contribution in [1.29, 1.82) is 0 Å². The van der Waals surface area contributed by atoms with Crippen molar-refractivity contribution >= 4 is 35.0 Å². The van der Waals surface area contributed by atoms with Crippen molar-refractivity contribution < 1.29 is 14.4 Å². The summed E-state index contributed by atoms with van der Waals surface area (Å²) in [5.74, 6) is -1.15. The van der Waals surface area contributed by atoms with Crippen molar-refractivity contribution in [3.63, 3.8) is 0 Å². The Bertz CT molecular complexity index is 1090. The molecule has 0 bridgehead atoms. The van der Waals surface area contributed by atoms with Gasteiger partial charge in [-0.05, 0) is 61.0 Å². The minimum atomic E-state index is -0.410. The summed E-state index contributed by atoms with van der Waals surface area (Å²) in [7, 11) is 0. The molecule has 0 radical (unpaired) electrons. The Labute approximate surface area is 173 Å². The maximum Gasteiger partial charge on any atom is 0.263 e. The van der Waals surface area contributed by atoms with Crippen LogP contribution in [0, 0.1) is 6.92 Å². The first-order valence-corrected chi connectivity index (χ1v) is 9.43. The van der Waals surface area contributed by atoms with Crippen molar-refractivity contribution in [2.45, 2.75) is 6.92 Å². The van der Waals surface area contributed by atoms with E-state index in [4.69, 9.17) is 11.6 Å². The van der Waals surface area contributed by atoms with Crippen LogP contribution < -0.4 is 4.90 Å². The second-order valence-electron chi connectivity index (χ2n) is 6.80. The summed E-state index contributed by atoms with van der Waals surface area (Å²) in [5, 5.41) is 0.518. The first-order valence-electron chi connectivity index (χ1n) is 9.05.